The second kappa shape index (κ2) is 4.12. The van der Waals surface area contributed by atoms with E-state index in [0.29, 0.717) is 30.8 Å². The van der Waals surface area contributed by atoms with Gasteiger partial charge < -0.3 is 14.4 Å². The summed E-state index contributed by atoms with van der Waals surface area (Å²) in [6.07, 6.45) is 3.20. The summed E-state index contributed by atoms with van der Waals surface area (Å²) < 4.78 is 10.5. The highest BCUT2D eigenvalue weighted by molar-refractivity contribution is 5.58. The first-order valence-corrected chi connectivity index (χ1v) is 4.59. The third-order valence-corrected chi connectivity index (χ3v) is 1.68. The molecule has 0 spiro atoms. The van der Waals surface area contributed by atoms with Crippen molar-refractivity contribution in [3.63, 3.8) is 0 Å². The molecule has 0 aromatic carbocycles. The molecule has 0 radical (unpaired) electrons. The van der Waals surface area contributed by atoms with Crippen LogP contribution in [0.4, 0.5) is 5.82 Å². The predicted molar refractivity (Wildman–Crippen MR) is 54.9 cm³/mol. The van der Waals surface area contributed by atoms with Gasteiger partial charge in [-0.25, -0.2) is 9.98 Å². The molecule has 0 atom stereocenters. The van der Waals surface area contributed by atoms with Crippen molar-refractivity contribution in [1.82, 2.24) is 14.9 Å². The standard InChI is InChI=1S/C9H12N4O2/c1-13(2)6-11-7-5-10-8-9(12-7)15-4-3-14-8/h5-6H,3-4H2,1-2H3. The summed E-state index contributed by atoms with van der Waals surface area (Å²) in [5, 5.41) is 0. The van der Waals surface area contributed by atoms with E-state index in [4.69, 9.17) is 9.47 Å². The highest BCUT2D eigenvalue weighted by Gasteiger charge is 2.14. The minimum Gasteiger partial charge on any atom is -0.470 e. The fourth-order valence-electron chi connectivity index (χ4n) is 1.06. The van der Waals surface area contributed by atoms with Gasteiger partial charge in [0.05, 0.1) is 12.5 Å². The van der Waals surface area contributed by atoms with Gasteiger partial charge in [-0.1, -0.05) is 0 Å². The molecule has 0 aliphatic carbocycles. The average Bonchev–Trinajstić information content (AvgIpc) is 2.26. The molecule has 6 nitrogen and oxygen atoms in total. The van der Waals surface area contributed by atoms with E-state index in [2.05, 4.69) is 15.0 Å². The predicted octanol–water partition coefficient (Wildman–Crippen LogP) is 0.469. The summed E-state index contributed by atoms with van der Waals surface area (Å²) in [4.78, 5) is 14.1. The Morgan fingerprint density at radius 3 is 2.80 bits per heavy atom. The number of hydrogen-bond acceptors (Lipinski definition) is 5. The molecule has 0 fully saturated rings. The number of aromatic nitrogens is 2. The summed E-state index contributed by atoms with van der Waals surface area (Å²) in [5.41, 5.74) is 0. The van der Waals surface area contributed by atoms with Crippen molar-refractivity contribution in [2.75, 3.05) is 27.3 Å². The zero-order valence-corrected chi connectivity index (χ0v) is 8.67. The van der Waals surface area contributed by atoms with E-state index in [1.807, 2.05) is 19.0 Å². The van der Waals surface area contributed by atoms with Crippen molar-refractivity contribution < 1.29 is 9.47 Å². The molecule has 1 aliphatic rings. The van der Waals surface area contributed by atoms with Crippen LogP contribution in [0.15, 0.2) is 11.2 Å². The van der Waals surface area contributed by atoms with E-state index in [9.17, 15) is 0 Å². The molecule has 1 aromatic rings. The van der Waals surface area contributed by atoms with Crippen LogP contribution < -0.4 is 9.47 Å². The molecule has 0 bridgehead atoms. The minimum absolute atomic E-state index is 0.412. The molecule has 6 heteroatoms. The fraction of sp³-hybridized carbons (Fsp3) is 0.444. The quantitative estimate of drug-likeness (QED) is 0.522. The highest BCUT2D eigenvalue weighted by atomic mass is 16.6. The normalized spacial score (nSPS) is 14.3. The summed E-state index contributed by atoms with van der Waals surface area (Å²) in [7, 11) is 3.77. The van der Waals surface area contributed by atoms with E-state index in [1.165, 1.54) is 0 Å². The molecular weight excluding hydrogens is 196 g/mol. The molecule has 80 valence electrons. The van der Waals surface area contributed by atoms with Crippen LogP contribution in [0.2, 0.25) is 0 Å². The monoisotopic (exact) mass is 208 g/mol. The first kappa shape index (κ1) is 9.70. The fourth-order valence-corrected chi connectivity index (χ4v) is 1.06. The number of ether oxygens (including phenoxy) is 2. The molecule has 0 saturated carbocycles. The molecule has 2 heterocycles. The number of rotatable bonds is 2. The molecule has 1 aromatic heterocycles. The van der Waals surface area contributed by atoms with Gasteiger partial charge in [0, 0.05) is 14.1 Å². The maximum atomic E-state index is 5.28. The Hall–Kier alpha value is -1.85. The average molecular weight is 208 g/mol. The van der Waals surface area contributed by atoms with Gasteiger partial charge in [0.1, 0.15) is 13.2 Å². The minimum atomic E-state index is 0.412. The van der Waals surface area contributed by atoms with Gasteiger partial charge in [-0.05, 0) is 0 Å². The van der Waals surface area contributed by atoms with E-state index in [1.54, 1.807) is 12.5 Å². The molecule has 2 rings (SSSR count). The van der Waals surface area contributed by atoms with Gasteiger partial charge in [-0.15, -0.1) is 0 Å². The van der Waals surface area contributed by atoms with Crippen molar-refractivity contribution in [2.45, 2.75) is 0 Å². The molecule has 0 amide bonds. The van der Waals surface area contributed by atoms with Crippen molar-refractivity contribution in [3.8, 4) is 11.8 Å². The number of nitrogens with zero attached hydrogens (tertiary/aromatic N) is 4. The molecule has 15 heavy (non-hydrogen) atoms. The van der Waals surface area contributed by atoms with Crippen LogP contribution in [0, 0.1) is 0 Å². The first-order chi connectivity index (χ1) is 7.25. The van der Waals surface area contributed by atoms with E-state index >= 15 is 0 Å². The van der Waals surface area contributed by atoms with Crippen molar-refractivity contribution >= 4 is 12.2 Å². The Labute approximate surface area is 87.6 Å². The number of hydrogen-bond donors (Lipinski definition) is 0. The Bertz CT molecular complexity index is 378. The van der Waals surface area contributed by atoms with Crippen LogP contribution in [0.3, 0.4) is 0 Å². The van der Waals surface area contributed by atoms with Crippen LogP contribution in [-0.2, 0) is 0 Å². The largest absolute Gasteiger partial charge is 0.470 e. The smallest absolute Gasteiger partial charge is 0.280 e. The maximum Gasteiger partial charge on any atom is 0.280 e. The molecule has 0 unspecified atom stereocenters. The Balaban J connectivity index is 2.20. The second-order valence-electron chi connectivity index (χ2n) is 3.24. The van der Waals surface area contributed by atoms with Gasteiger partial charge in [0.15, 0.2) is 5.82 Å². The summed E-state index contributed by atoms with van der Waals surface area (Å²) in [5.74, 6) is 1.35. The third-order valence-electron chi connectivity index (χ3n) is 1.68. The van der Waals surface area contributed by atoms with Gasteiger partial charge in [-0.3, -0.25) is 0 Å². The second-order valence-corrected chi connectivity index (χ2v) is 3.24. The van der Waals surface area contributed by atoms with Crippen LogP contribution >= 0.6 is 0 Å². The zero-order valence-electron chi connectivity index (χ0n) is 8.67. The maximum absolute atomic E-state index is 5.28. The lowest BCUT2D eigenvalue weighted by Crippen LogP contribution is -2.17. The van der Waals surface area contributed by atoms with Crippen LogP contribution in [-0.4, -0.2) is 48.5 Å². The highest BCUT2D eigenvalue weighted by Crippen LogP contribution is 2.26. The number of fused-ring (bicyclic) bond motifs is 1. The Kier molecular flexibility index (Phi) is 2.66. The molecular formula is C9H12N4O2. The Morgan fingerprint density at radius 2 is 2.07 bits per heavy atom. The van der Waals surface area contributed by atoms with E-state index < -0.39 is 0 Å². The lowest BCUT2D eigenvalue weighted by Gasteiger charge is -2.15. The lowest BCUT2D eigenvalue weighted by atomic mass is 10.6. The van der Waals surface area contributed by atoms with Gasteiger partial charge >= 0.3 is 0 Å². The van der Waals surface area contributed by atoms with E-state index in [-0.39, 0.29) is 0 Å². The van der Waals surface area contributed by atoms with E-state index in [0.717, 1.165) is 0 Å². The van der Waals surface area contributed by atoms with Gasteiger partial charge in [-0.2, -0.15) is 4.98 Å². The van der Waals surface area contributed by atoms with Crippen LogP contribution in [0.5, 0.6) is 11.8 Å². The summed E-state index contributed by atoms with van der Waals surface area (Å²) >= 11 is 0. The summed E-state index contributed by atoms with van der Waals surface area (Å²) in [6.45, 7) is 1.02. The van der Waals surface area contributed by atoms with Gasteiger partial charge in [0.2, 0.25) is 0 Å². The van der Waals surface area contributed by atoms with Crippen LogP contribution in [0.25, 0.3) is 0 Å². The lowest BCUT2D eigenvalue weighted by molar-refractivity contribution is 0.157. The third kappa shape index (κ3) is 2.34. The van der Waals surface area contributed by atoms with Crippen molar-refractivity contribution in [2.24, 2.45) is 4.99 Å². The Morgan fingerprint density at radius 1 is 1.33 bits per heavy atom. The molecule has 0 N–H and O–H groups in total. The SMILES string of the molecule is CN(C)C=Nc1cnc2c(n1)OCCO2. The van der Waals surface area contributed by atoms with Crippen LogP contribution in [0.1, 0.15) is 0 Å². The molecule has 0 saturated heterocycles. The van der Waals surface area contributed by atoms with Crippen molar-refractivity contribution in [3.05, 3.63) is 6.20 Å². The number of aliphatic imine (C=N–C) groups is 1. The molecule has 1 aliphatic heterocycles. The first-order valence-electron chi connectivity index (χ1n) is 4.59. The van der Waals surface area contributed by atoms with Gasteiger partial charge in [0.25, 0.3) is 11.8 Å². The zero-order chi connectivity index (χ0) is 10.7. The topological polar surface area (TPSA) is 59.8 Å². The van der Waals surface area contributed by atoms with Crippen molar-refractivity contribution in [1.29, 1.82) is 0 Å². The summed E-state index contributed by atoms with van der Waals surface area (Å²) in [6, 6.07) is 0.